The first kappa shape index (κ1) is 12.9. The van der Waals surface area contributed by atoms with Crippen LogP contribution in [0.5, 0.6) is 0 Å². The third-order valence-electron chi connectivity index (χ3n) is 2.24. The summed E-state index contributed by atoms with van der Waals surface area (Å²) in [7, 11) is 0. The topological polar surface area (TPSA) is 55.3 Å². The maximum Gasteiger partial charge on any atom is 0.0226 e. The minimum absolute atomic E-state index is 0.126. The van der Waals surface area contributed by atoms with Crippen molar-refractivity contribution in [3.63, 3.8) is 0 Å². The van der Waals surface area contributed by atoms with Gasteiger partial charge in [-0.3, -0.25) is 4.90 Å². The first-order valence-corrected chi connectivity index (χ1v) is 5.13. The lowest BCUT2D eigenvalue weighted by Gasteiger charge is -2.33. The van der Waals surface area contributed by atoms with Gasteiger partial charge in [-0.15, -0.1) is 0 Å². The van der Waals surface area contributed by atoms with E-state index in [2.05, 4.69) is 32.6 Å². The highest BCUT2D eigenvalue weighted by molar-refractivity contribution is 4.79. The molecule has 0 rings (SSSR count). The van der Waals surface area contributed by atoms with Crippen molar-refractivity contribution >= 4 is 0 Å². The van der Waals surface area contributed by atoms with Crippen molar-refractivity contribution in [2.24, 2.45) is 11.5 Å². The van der Waals surface area contributed by atoms with Crippen LogP contribution in [-0.2, 0) is 0 Å². The molecule has 0 aliphatic heterocycles. The summed E-state index contributed by atoms with van der Waals surface area (Å²) in [5, 5.41) is 0. The van der Waals surface area contributed by atoms with Crippen molar-refractivity contribution in [3.8, 4) is 0 Å². The lowest BCUT2D eigenvalue weighted by molar-refractivity contribution is 0.174. The van der Waals surface area contributed by atoms with Crippen molar-refractivity contribution in [3.05, 3.63) is 0 Å². The van der Waals surface area contributed by atoms with E-state index < -0.39 is 0 Å². The summed E-state index contributed by atoms with van der Waals surface area (Å²) in [5.41, 5.74) is 11.4. The molecule has 13 heavy (non-hydrogen) atoms. The van der Waals surface area contributed by atoms with E-state index in [0.29, 0.717) is 12.6 Å². The van der Waals surface area contributed by atoms with Gasteiger partial charge in [0.1, 0.15) is 0 Å². The predicted octanol–water partition coefficient (Wildman–Crippen LogP) is 0.783. The van der Waals surface area contributed by atoms with Gasteiger partial charge in [-0.05, 0) is 27.2 Å². The van der Waals surface area contributed by atoms with E-state index in [1.807, 2.05) is 0 Å². The van der Waals surface area contributed by atoms with Gasteiger partial charge in [0.25, 0.3) is 0 Å². The van der Waals surface area contributed by atoms with E-state index >= 15 is 0 Å². The molecule has 0 fully saturated rings. The number of nitrogens with two attached hydrogens (primary N) is 2. The number of hydrogen-bond acceptors (Lipinski definition) is 3. The number of hydrogen-bond donors (Lipinski definition) is 2. The zero-order chi connectivity index (χ0) is 10.5. The Morgan fingerprint density at radius 2 is 1.92 bits per heavy atom. The normalized spacial score (nSPS) is 15.0. The molecular formula is C10H25N3. The largest absolute Gasteiger partial charge is 0.329 e. The van der Waals surface area contributed by atoms with Gasteiger partial charge in [0, 0.05) is 31.2 Å². The number of rotatable bonds is 6. The van der Waals surface area contributed by atoms with Gasteiger partial charge in [-0.2, -0.15) is 0 Å². The van der Waals surface area contributed by atoms with E-state index in [0.717, 1.165) is 19.5 Å². The first-order chi connectivity index (χ1) is 5.90. The molecule has 0 amide bonds. The average Bonchev–Trinajstić information content (AvgIpc) is 2.00. The molecule has 80 valence electrons. The molecule has 0 aromatic rings. The fraction of sp³-hybridized carbons (Fsp3) is 1.00. The lowest BCUT2D eigenvalue weighted by Crippen LogP contribution is -2.49. The van der Waals surface area contributed by atoms with Crippen LogP contribution in [0.3, 0.4) is 0 Å². The van der Waals surface area contributed by atoms with Crippen LogP contribution >= 0.6 is 0 Å². The van der Waals surface area contributed by atoms with E-state index in [-0.39, 0.29) is 5.54 Å². The molecule has 0 aromatic heterocycles. The summed E-state index contributed by atoms with van der Waals surface area (Å²) >= 11 is 0. The van der Waals surface area contributed by atoms with E-state index in [9.17, 15) is 0 Å². The van der Waals surface area contributed by atoms with Crippen LogP contribution in [0.15, 0.2) is 0 Å². The molecule has 0 aromatic carbocycles. The summed E-state index contributed by atoms with van der Waals surface area (Å²) < 4.78 is 0. The number of nitrogens with zero attached hydrogens (tertiary/aromatic N) is 1. The summed E-state index contributed by atoms with van der Waals surface area (Å²) in [4.78, 5) is 2.36. The Balaban J connectivity index is 4.09. The molecule has 1 unspecified atom stereocenters. The van der Waals surface area contributed by atoms with Gasteiger partial charge in [-0.1, -0.05) is 6.92 Å². The van der Waals surface area contributed by atoms with Crippen LogP contribution in [0.25, 0.3) is 0 Å². The fourth-order valence-electron chi connectivity index (χ4n) is 1.40. The molecule has 0 spiro atoms. The lowest BCUT2D eigenvalue weighted by atomic mass is 10.0. The van der Waals surface area contributed by atoms with Gasteiger partial charge in [0.2, 0.25) is 0 Å². The minimum atomic E-state index is -0.126. The molecule has 1 atom stereocenters. The molecule has 0 radical (unpaired) electrons. The van der Waals surface area contributed by atoms with Gasteiger partial charge >= 0.3 is 0 Å². The second-order valence-electron chi connectivity index (χ2n) is 4.51. The molecule has 0 bridgehead atoms. The average molecular weight is 187 g/mol. The maximum absolute atomic E-state index is 5.98. The molecular weight excluding hydrogens is 162 g/mol. The maximum atomic E-state index is 5.98. The monoisotopic (exact) mass is 187 g/mol. The molecule has 0 saturated heterocycles. The van der Waals surface area contributed by atoms with Gasteiger partial charge in [0.05, 0.1) is 0 Å². The Kier molecular flexibility index (Phi) is 5.53. The van der Waals surface area contributed by atoms with Crippen molar-refractivity contribution in [1.82, 2.24) is 4.90 Å². The van der Waals surface area contributed by atoms with Crippen molar-refractivity contribution in [2.75, 3.05) is 19.6 Å². The molecule has 3 nitrogen and oxygen atoms in total. The van der Waals surface area contributed by atoms with Crippen LogP contribution in [0.4, 0.5) is 0 Å². The highest BCUT2D eigenvalue weighted by Crippen LogP contribution is 2.07. The molecule has 4 N–H and O–H groups in total. The van der Waals surface area contributed by atoms with E-state index in [1.165, 1.54) is 0 Å². The van der Waals surface area contributed by atoms with Crippen LogP contribution in [-0.4, -0.2) is 36.1 Å². The molecule has 0 aliphatic carbocycles. The molecule has 0 saturated carbocycles. The van der Waals surface area contributed by atoms with Gasteiger partial charge in [-0.25, -0.2) is 0 Å². The van der Waals surface area contributed by atoms with Crippen molar-refractivity contribution < 1.29 is 0 Å². The Hall–Kier alpha value is -0.120. The Morgan fingerprint density at radius 3 is 2.23 bits per heavy atom. The Labute approximate surface area is 82.5 Å². The summed E-state index contributed by atoms with van der Waals surface area (Å²) in [6, 6.07) is 0.575. The zero-order valence-corrected chi connectivity index (χ0v) is 9.51. The fourth-order valence-corrected chi connectivity index (χ4v) is 1.40. The summed E-state index contributed by atoms with van der Waals surface area (Å²) in [5.74, 6) is 0. The minimum Gasteiger partial charge on any atom is -0.329 e. The molecule has 0 heterocycles. The van der Waals surface area contributed by atoms with Crippen LogP contribution in [0.1, 0.15) is 34.1 Å². The van der Waals surface area contributed by atoms with E-state index in [1.54, 1.807) is 0 Å². The summed E-state index contributed by atoms with van der Waals surface area (Å²) in [6.07, 6.45) is 1.15. The standard InChI is InChI=1S/C10H25N3/c1-5-9(2)13(7-6-11)8-10(3,4)12/h9H,5-8,11-12H2,1-4H3. The van der Waals surface area contributed by atoms with Crippen LogP contribution < -0.4 is 11.5 Å². The molecule has 0 aliphatic rings. The van der Waals surface area contributed by atoms with E-state index in [4.69, 9.17) is 11.5 Å². The zero-order valence-electron chi connectivity index (χ0n) is 9.51. The SMILES string of the molecule is CCC(C)N(CCN)CC(C)(C)N. The second kappa shape index (κ2) is 5.58. The highest BCUT2D eigenvalue weighted by Gasteiger charge is 2.19. The smallest absolute Gasteiger partial charge is 0.0226 e. The third-order valence-corrected chi connectivity index (χ3v) is 2.24. The predicted molar refractivity (Wildman–Crippen MR) is 58.6 cm³/mol. The quantitative estimate of drug-likeness (QED) is 0.646. The Bertz CT molecular complexity index is 129. The van der Waals surface area contributed by atoms with Gasteiger partial charge < -0.3 is 11.5 Å². The van der Waals surface area contributed by atoms with Crippen LogP contribution in [0, 0.1) is 0 Å². The van der Waals surface area contributed by atoms with Crippen molar-refractivity contribution in [1.29, 1.82) is 0 Å². The van der Waals surface area contributed by atoms with Crippen molar-refractivity contribution in [2.45, 2.75) is 45.7 Å². The Morgan fingerprint density at radius 1 is 1.38 bits per heavy atom. The van der Waals surface area contributed by atoms with Crippen LogP contribution in [0.2, 0.25) is 0 Å². The second-order valence-corrected chi connectivity index (χ2v) is 4.51. The highest BCUT2D eigenvalue weighted by atomic mass is 15.2. The molecule has 3 heteroatoms. The summed E-state index contributed by atoms with van der Waals surface area (Å²) in [6.45, 7) is 11.1. The first-order valence-electron chi connectivity index (χ1n) is 5.13. The third kappa shape index (κ3) is 6.02. The van der Waals surface area contributed by atoms with Gasteiger partial charge in [0.15, 0.2) is 0 Å².